The molecule has 0 fully saturated rings. The number of carbonyl (C=O) groups is 1. The second-order valence-electron chi connectivity index (χ2n) is 4.87. The first kappa shape index (κ1) is 13.3. The normalized spacial score (nSPS) is 10.5. The Morgan fingerprint density at radius 3 is 2.62 bits per heavy atom. The number of aromatic nitrogens is 2. The van der Waals surface area contributed by atoms with Crippen molar-refractivity contribution in [2.45, 2.75) is 13.3 Å². The van der Waals surface area contributed by atoms with Crippen LogP contribution in [0.4, 0.5) is 0 Å². The van der Waals surface area contributed by atoms with E-state index in [2.05, 4.69) is 17.2 Å². The predicted molar refractivity (Wildman–Crippen MR) is 83.6 cm³/mol. The van der Waals surface area contributed by atoms with Gasteiger partial charge >= 0.3 is 0 Å². The average Bonchev–Trinajstić information content (AvgIpc) is 3.05. The number of carbonyl (C=O) groups excluding carboxylic acids is 1. The Morgan fingerprint density at radius 2 is 1.86 bits per heavy atom. The highest BCUT2D eigenvalue weighted by molar-refractivity contribution is 5.96. The van der Waals surface area contributed by atoms with Crippen LogP contribution in [0.15, 0.2) is 67.0 Å². The smallest absolute Gasteiger partial charge is 0.162 e. The Hall–Kier alpha value is -2.68. The highest BCUT2D eigenvalue weighted by atomic mass is 16.1. The van der Waals surface area contributed by atoms with Crippen molar-refractivity contribution in [3.8, 4) is 16.8 Å². The minimum absolute atomic E-state index is 0.146. The van der Waals surface area contributed by atoms with Gasteiger partial charge in [-0.15, -0.1) is 0 Å². The van der Waals surface area contributed by atoms with Crippen molar-refractivity contribution in [2.24, 2.45) is 0 Å². The molecule has 0 bridgehead atoms. The van der Waals surface area contributed by atoms with Gasteiger partial charge < -0.3 is 0 Å². The van der Waals surface area contributed by atoms with E-state index in [-0.39, 0.29) is 5.78 Å². The summed E-state index contributed by atoms with van der Waals surface area (Å²) < 4.78 is 1.80. The maximum Gasteiger partial charge on any atom is 0.162 e. The van der Waals surface area contributed by atoms with Gasteiger partial charge in [0.25, 0.3) is 0 Å². The second-order valence-corrected chi connectivity index (χ2v) is 4.87. The zero-order chi connectivity index (χ0) is 14.7. The highest BCUT2D eigenvalue weighted by Crippen LogP contribution is 2.20. The third-order valence-electron chi connectivity index (χ3n) is 3.44. The van der Waals surface area contributed by atoms with E-state index in [1.165, 1.54) is 0 Å². The summed E-state index contributed by atoms with van der Waals surface area (Å²) in [4.78, 5) is 11.8. The van der Waals surface area contributed by atoms with E-state index < -0.39 is 0 Å². The number of rotatable bonds is 4. The molecule has 0 aliphatic carbocycles. The highest BCUT2D eigenvalue weighted by Gasteiger charge is 2.06. The molecule has 0 atom stereocenters. The molecule has 0 radical (unpaired) electrons. The van der Waals surface area contributed by atoms with Gasteiger partial charge in [-0.1, -0.05) is 49.4 Å². The van der Waals surface area contributed by atoms with E-state index in [1.807, 2.05) is 61.8 Å². The minimum Gasteiger partial charge on any atom is -0.294 e. The molecule has 104 valence electrons. The molecule has 0 saturated heterocycles. The largest absolute Gasteiger partial charge is 0.294 e. The van der Waals surface area contributed by atoms with Crippen molar-refractivity contribution in [3.05, 3.63) is 72.6 Å². The van der Waals surface area contributed by atoms with Crippen molar-refractivity contribution in [1.82, 2.24) is 9.78 Å². The standard InChI is InChI=1S/C18H16N2O/c1-2-18(21)15-9-6-10-17(11-15)20-13-16(12-19-20)14-7-4-3-5-8-14/h3-13H,2H2,1H3. The lowest BCUT2D eigenvalue weighted by Gasteiger charge is -2.03. The fourth-order valence-corrected chi connectivity index (χ4v) is 2.27. The molecule has 0 aliphatic heterocycles. The molecule has 3 aromatic rings. The zero-order valence-corrected chi connectivity index (χ0v) is 11.9. The second kappa shape index (κ2) is 5.75. The molecule has 1 heterocycles. The van der Waals surface area contributed by atoms with Crippen molar-refractivity contribution in [3.63, 3.8) is 0 Å². The summed E-state index contributed by atoms with van der Waals surface area (Å²) in [5.41, 5.74) is 3.82. The number of hydrogen-bond acceptors (Lipinski definition) is 2. The van der Waals surface area contributed by atoms with Gasteiger partial charge in [0.1, 0.15) is 0 Å². The van der Waals surface area contributed by atoms with Crippen molar-refractivity contribution >= 4 is 5.78 Å². The number of hydrogen-bond donors (Lipinski definition) is 0. The molecule has 0 N–H and O–H groups in total. The van der Waals surface area contributed by atoms with Crippen LogP contribution in [-0.2, 0) is 0 Å². The van der Waals surface area contributed by atoms with Crippen LogP contribution in [0.2, 0.25) is 0 Å². The van der Waals surface area contributed by atoms with Gasteiger partial charge in [-0.3, -0.25) is 4.79 Å². The molecule has 1 aromatic heterocycles. The van der Waals surface area contributed by atoms with Crippen molar-refractivity contribution in [1.29, 1.82) is 0 Å². The first-order chi connectivity index (χ1) is 10.3. The van der Waals surface area contributed by atoms with E-state index in [0.29, 0.717) is 6.42 Å². The van der Waals surface area contributed by atoms with Crippen molar-refractivity contribution in [2.75, 3.05) is 0 Å². The lowest BCUT2D eigenvalue weighted by molar-refractivity contribution is 0.0988. The molecule has 3 rings (SSSR count). The minimum atomic E-state index is 0.146. The SMILES string of the molecule is CCC(=O)c1cccc(-n2cc(-c3ccccc3)cn2)c1. The summed E-state index contributed by atoms with van der Waals surface area (Å²) in [6, 6.07) is 17.7. The number of ketones is 1. The predicted octanol–water partition coefficient (Wildman–Crippen LogP) is 4.13. The Bertz CT molecular complexity index is 760. The van der Waals surface area contributed by atoms with Crippen molar-refractivity contribution < 1.29 is 4.79 Å². The first-order valence-corrected chi connectivity index (χ1v) is 7.01. The lowest BCUT2D eigenvalue weighted by Crippen LogP contribution is -2.00. The Morgan fingerprint density at radius 1 is 1.05 bits per heavy atom. The van der Waals surface area contributed by atoms with Gasteiger partial charge in [-0.2, -0.15) is 5.10 Å². The molecule has 3 heteroatoms. The number of benzene rings is 2. The Labute approximate surface area is 123 Å². The summed E-state index contributed by atoms with van der Waals surface area (Å²) >= 11 is 0. The summed E-state index contributed by atoms with van der Waals surface area (Å²) in [6.07, 6.45) is 4.33. The fraction of sp³-hybridized carbons (Fsp3) is 0.111. The van der Waals surface area contributed by atoms with E-state index in [0.717, 1.165) is 22.4 Å². The molecule has 2 aromatic carbocycles. The monoisotopic (exact) mass is 276 g/mol. The zero-order valence-electron chi connectivity index (χ0n) is 11.9. The molecule has 0 saturated carbocycles. The molecule has 0 unspecified atom stereocenters. The molecule has 21 heavy (non-hydrogen) atoms. The van der Waals surface area contributed by atoms with Crippen LogP contribution in [0.3, 0.4) is 0 Å². The van der Waals surface area contributed by atoms with Crippen LogP contribution in [0.25, 0.3) is 16.8 Å². The maximum absolute atomic E-state index is 11.8. The molecule has 3 nitrogen and oxygen atoms in total. The summed E-state index contributed by atoms with van der Waals surface area (Å²) in [7, 11) is 0. The third-order valence-corrected chi connectivity index (χ3v) is 3.44. The van der Waals surface area contributed by atoms with Gasteiger partial charge in [0.05, 0.1) is 11.9 Å². The molecule has 0 aliphatic rings. The Kier molecular flexibility index (Phi) is 3.65. The summed E-state index contributed by atoms with van der Waals surface area (Å²) in [5, 5.41) is 4.39. The van der Waals surface area contributed by atoms with Crippen LogP contribution in [0.5, 0.6) is 0 Å². The first-order valence-electron chi connectivity index (χ1n) is 7.01. The maximum atomic E-state index is 11.8. The number of Topliss-reactive ketones (excluding diaryl/α,β-unsaturated/α-hetero) is 1. The van der Waals surface area contributed by atoms with Gasteiger partial charge in [-0.25, -0.2) is 4.68 Å². The van der Waals surface area contributed by atoms with E-state index in [4.69, 9.17) is 0 Å². The van der Waals surface area contributed by atoms with Gasteiger partial charge in [0, 0.05) is 23.7 Å². The van der Waals surface area contributed by atoms with Gasteiger partial charge in [-0.05, 0) is 17.7 Å². The summed E-state index contributed by atoms with van der Waals surface area (Å²) in [6.45, 7) is 1.87. The van der Waals surface area contributed by atoms with Crippen LogP contribution in [-0.4, -0.2) is 15.6 Å². The van der Waals surface area contributed by atoms with Crippen LogP contribution < -0.4 is 0 Å². The summed E-state index contributed by atoms with van der Waals surface area (Å²) in [5.74, 6) is 0.146. The van der Waals surface area contributed by atoms with Crippen LogP contribution in [0.1, 0.15) is 23.7 Å². The van der Waals surface area contributed by atoms with E-state index >= 15 is 0 Å². The van der Waals surface area contributed by atoms with E-state index in [9.17, 15) is 4.79 Å². The molecular weight excluding hydrogens is 260 g/mol. The average molecular weight is 276 g/mol. The molecule has 0 spiro atoms. The van der Waals surface area contributed by atoms with Gasteiger partial charge in [0.2, 0.25) is 0 Å². The molecule has 0 amide bonds. The quantitative estimate of drug-likeness (QED) is 0.671. The third kappa shape index (κ3) is 2.77. The number of nitrogens with zero attached hydrogens (tertiary/aromatic N) is 2. The molecular formula is C18H16N2O. The van der Waals surface area contributed by atoms with Gasteiger partial charge in [0.15, 0.2) is 5.78 Å². The lowest BCUT2D eigenvalue weighted by atomic mass is 10.1. The Balaban J connectivity index is 1.95. The van der Waals surface area contributed by atoms with Crippen LogP contribution in [0, 0.1) is 0 Å². The topological polar surface area (TPSA) is 34.9 Å². The van der Waals surface area contributed by atoms with Crippen LogP contribution >= 0.6 is 0 Å². The van der Waals surface area contributed by atoms with E-state index in [1.54, 1.807) is 4.68 Å². The fourth-order valence-electron chi connectivity index (χ4n) is 2.27.